The van der Waals surface area contributed by atoms with E-state index in [1.165, 1.54) is 0 Å². The number of rotatable bonds is 0. The average Bonchev–Trinajstić information content (AvgIpc) is 2.15. The van der Waals surface area contributed by atoms with E-state index in [9.17, 15) is 0 Å². The van der Waals surface area contributed by atoms with Crippen molar-refractivity contribution in [1.29, 1.82) is 0 Å². The van der Waals surface area contributed by atoms with E-state index in [1.807, 2.05) is 0 Å². The maximum Gasteiger partial charge on any atom is 0.00497 e. The van der Waals surface area contributed by atoms with Crippen LogP contribution in [0.4, 0.5) is 0 Å². The Morgan fingerprint density at radius 2 is 0.846 bits per heavy atom. The summed E-state index contributed by atoms with van der Waals surface area (Å²) in [7, 11) is 0. The van der Waals surface area contributed by atoms with E-state index in [0.29, 0.717) is 0 Å². The third-order valence-electron chi connectivity index (χ3n) is 4.40. The molecule has 0 N–H and O–H groups in total. The molecule has 0 amide bonds. The highest BCUT2D eigenvalue weighted by molar-refractivity contribution is 8.00. The molecule has 0 radical (unpaired) electrons. The molecule has 6 unspecified atom stereocenters. The van der Waals surface area contributed by atoms with Crippen molar-refractivity contribution in [2.45, 2.75) is 52.0 Å². The van der Waals surface area contributed by atoms with Crippen molar-refractivity contribution < 1.29 is 0 Å². The first-order valence-corrected chi connectivity index (χ1v) is 6.54. The lowest BCUT2D eigenvalue weighted by Gasteiger charge is -2.28. The zero-order valence-corrected chi connectivity index (χ0v) is 10.7. The molecule has 1 heteroatoms. The van der Waals surface area contributed by atoms with Crippen molar-refractivity contribution in [2.75, 3.05) is 0 Å². The molecule has 1 fully saturated rings. The summed E-state index contributed by atoms with van der Waals surface area (Å²) in [5, 5.41) is 1.66. The average molecular weight is 200 g/mol. The standard InChI is InChI=1S/C12H24S/c1-7-8(2)10(4)12(6)13-11(5)9(7)3/h7-12H,1-6H3. The Hall–Kier alpha value is 0.350. The highest BCUT2D eigenvalue weighted by Crippen LogP contribution is 2.42. The molecule has 0 aliphatic carbocycles. The Balaban J connectivity index is 2.79. The maximum absolute atomic E-state index is 2.43. The Labute approximate surface area is 87.9 Å². The summed E-state index contributed by atoms with van der Waals surface area (Å²) in [6.45, 7) is 14.5. The van der Waals surface area contributed by atoms with Gasteiger partial charge in [0.15, 0.2) is 0 Å². The highest BCUT2D eigenvalue weighted by atomic mass is 32.2. The van der Waals surface area contributed by atoms with Gasteiger partial charge in [-0.15, -0.1) is 0 Å². The van der Waals surface area contributed by atoms with Crippen LogP contribution in [-0.4, -0.2) is 10.5 Å². The van der Waals surface area contributed by atoms with Gasteiger partial charge in [0, 0.05) is 10.5 Å². The molecule has 1 saturated heterocycles. The zero-order valence-electron chi connectivity index (χ0n) is 9.87. The molecule has 0 nitrogen and oxygen atoms in total. The Kier molecular flexibility index (Phi) is 3.73. The van der Waals surface area contributed by atoms with Crippen molar-refractivity contribution in [3.8, 4) is 0 Å². The van der Waals surface area contributed by atoms with Crippen molar-refractivity contribution >= 4 is 11.8 Å². The SMILES string of the molecule is CC1SC(C)C(C)C(C)C(C)C1C. The fourth-order valence-corrected chi connectivity index (χ4v) is 4.07. The lowest BCUT2D eigenvalue weighted by atomic mass is 9.77. The van der Waals surface area contributed by atoms with Gasteiger partial charge in [0.1, 0.15) is 0 Å². The first-order chi connectivity index (χ1) is 5.95. The Morgan fingerprint density at radius 3 is 1.15 bits per heavy atom. The van der Waals surface area contributed by atoms with Crippen molar-refractivity contribution in [1.82, 2.24) is 0 Å². The number of hydrogen-bond donors (Lipinski definition) is 0. The van der Waals surface area contributed by atoms with Crippen molar-refractivity contribution in [3.63, 3.8) is 0 Å². The molecular weight excluding hydrogens is 176 g/mol. The molecule has 78 valence electrons. The van der Waals surface area contributed by atoms with Gasteiger partial charge in [-0.25, -0.2) is 0 Å². The van der Waals surface area contributed by atoms with Crippen LogP contribution in [0.3, 0.4) is 0 Å². The largest absolute Gasteiger partial charge is 0.155 e. The van der Waals surface area contributed by atoms with Crippen LogP contribution in [0.1, 0.15) is 41.5 Å². The molecule has 1 heterocycles. The summed E-state index contributed by atoms with van der Waals surface area (Å²) < 4.78 is 0. The topological polar surface area (TPSA) is 0 Å². The second kappa shape index (κ2) is 4.25. The lowest BCUT2D eigenvalue weighted by Crippen LogP contribution is -2.24. The number of thioether (sulfide) groups is 1. The zero-order chi connectivity index (χ0) is 10.2. The van der Waals surface area contributed by atoms with E-state index in [4.69, 9.17) is 0 Å². The first-order valence-electron chi connectivity index (χ1n) is 5.60. The van der Waals surface area contributed by atoms with E-state index in [1.54, 1.807) is 0 Å². The van der Waals surface area contributed by atoms with Gasteiger partial charge in [-0.3, -0.25) is 0 Å². The van der Waals surface area contributed by atoms with Crippen LogP contribution in [0.25, 0.3) is 0 Å². The van der Waals surface area contributed by atoms with Crippen LogP contribution in [0.5, 0.6) is 0 Å². The molecule has 1 aliphatic heterocycles. The van der Waals surface area contributed by atoms with Gasteiger partial charge < -0.3 is 0 Å². The van der Waals surface area contributed by atoms with E-state index < -0.39 is 0 Å². The molecule has 0 bridgehead atoms. The molecule has 0 aromatic carbocycles. The molecule has 0 aromatic rings. The summed E-state index contributed by atoms with van der Waals surface area (Å²) >= 11 is 2.19. The smallest absolute Gasteiger partial charge is 0.00497 e. The fraction of sp³-hybridized carbons (Fsp3) is 1.00. The summed E-state index contributed by atoms with van der Waals surface area (Å²) in [6, 6.07) is 0. The van der Waals surface area contributed by atoms with Crippen LogP contribution < -0.4 is 0 Å². The minimum atomic E-state index is 0.831. The molecule has 1 rings (SSSR count). The summed E-state index contributed by atoms with van der Waals surface area (Å²) in [6.07, 6.45) is 0. The maximum atomic E-state index is 2.43. The molecule has 13 heavy (non-hydrogen) atoms. The molecule has 0 saturated carbocycles. The van der Waals surface area contributed by atoms with Gasteiger partial charge in [-0.1, -0.05) is 41.5 Å². The molecule has 1 aliphatic rings. The van der Waals surface area contributed by atoms with Crippen molar-refractivity contribution in [3.05, 3.63) is 0 Å². The van der Waals surface area contributed by atoms with Gasteiger partial charge in [0.2, 0.25) is 0 Å². The Bertz CT molecular complexity index is 149. The quantitative estimate of drug-likeness (QED) is 0.568. The van der Waals surface area contributed by atoms with Crippen LogP contribution in [-0.2, 0) is 0 Å². The van der Waals surface area contributed by atoms with E-state index in [-0.39, 0.29) is 0 Å². The lowest BCUT2D eigenvalue weighted by molar-refractivity contribution is 0.222. The van der Waals surface area contributed by atoms with Crippen molar-refractivity contribution in [2.24, 2.45) is 23.7 Å². The number of hydrogen-bond acceptors (Lipinski definition) is 1. The summed E-state index contributed by atoms with van der Waals surface area (Å²) in [4.78, 5) is 0. The fourth-order valence-electron chi connectivity index (χ4n) is 2.40. The van der Waals surface area contributed by atoms with Crippen LogP contribution in [0.15, 0.2) is 0 Å². The van der Waals surface area contributed by atoms with Gasteiger partial charge in [-0.05, 0) is 23.7 Å². The van der Waals surface area contributed by atoms with Crippen LogP contribution in [0.2, 0.25) is 0 Å². The van der Waals surface area contributed by atoms with Gasteiger partial charge >= 0.3 is 0 Å². The predicted molar refractivity (Wildman–Crippen MR) is 63.2 cm³/mol. The minimum absolute atomic E-state index is 0.831. The van der Waals surface area contributed by atoms with Gasteiger partial charge in [0.05, 0.1) is 0 Å². The summed E-state index contributed by atoms with van der Waals surface area (Å²) in [5.74, 6) is 3.49. The monoisotopic (exact) mass is 200 g/mol. The third-order valence-corrected chi connectivity index (χ3v) is 6.12. The normalized spacial score (nSPS) is 53.1. The second-order valence-electron chi connectivity index (χ2n) is 4.98. The highest BCUT2D eigenvalue weighted by Gasteiger charge is 2.34. The second-order valence-corrected chi connectivity index (χ2v) is 6.74. The Morgan fingerprint density at radius 1 is 0.538 bits per heavy atom. The van der Waals surface area contributed by atoms with Crippen LogP contribution in [0, 0.1) is 23.7 Å². The van der Waals surface area contributed by atoms with Gasteiger partial charge in [-0.2, -0.15) is 11.8 Å². The first kappa shape index (κ1) is 11.4. The molecule has 0 aromatic heterocycles. The van der Waals surface area contributed by atoms with Crippen LogP contribution >= 0.6 is 11.8 Å². The van der Waals surface area contributed by atoms with E-state index >= 15 is 0 Å². The minimum Gasteiger partial charge on any atom is -0.155 e. The molecule has 6 atom stereocenters. The van der Waals surface area contributed by atoms with E-state index in [0.717, 1.165) is 34.2 Å². The summed E-state index contributed by atoms with van der Waals surface area (Å²) in [5.41, 5.74) is 0. The van der Waals surface area contributed by atoms with Gasteiger partial charge in [0.25, 0.3) is 0 Å². The molecular formula is C12H24S. The third kappa shape index (κ3) is 2.23. The molecule has 0 spiro atoms. The predicted octanol–water partition coefficient (Wildman–Crippen LogP) is 4.05. The van der Waals surface area contributed by atoms with E-state index in [2.05, 4.69) is 53.3 Å².